The van der Waals surface area contributed by atoms with Gasteiger partial charge in [-0.1, -0.05) is 18.2 Å². The number of nitrogens with one attached hydrogen (secondary N) is 1. The highest BCUT2D eigenvalue weighted by molar-refractivity contribution is 7.89. The van der Waals surface area contributed by atoms with Crippen molar-refractivity contribution in [2.45, 2.75) is 18.4 Å². The third-order valence-corrected chi connectivity index (χ3v) is 5.19. The van der Waals surface area contributed by atoms with Crippen LogP contribution in [-0.2, 0) is 16.6 Å². The van der Waals surface area contributed by atoms with Crippen LogP contribution in [-0.4, -0.2) is 18.9 Å². The van der Waals surface area contributed by atoms with Crippen LogP contribution in [0.2, 0.25) is 0 Å². The molecule has 0 atom stereocenters. The Balaban J connectivity index is 1.82. The minimum atomic E-state index is -3.80. The quantitative estimate of drug-likeness (QED) is 0.662. The number of nitrogens with zero attached hydrogens (tertiary/aromatic N) is 1. The highest BCUT2D eigenvalue weighted by atomic mass is 32.2. The van der Waals surface area contributed by atoms with Gasteiger partial charge in [-0.2, -0.15) is 0 Å². The van der Waals surface area contributed by atoms with Crippen molar-refractivity contribution in [3.05, 3.63) is 93.7 Å². The number of nitrogens with two attached hydrogens (primary N) is 1. The number of halogens is 1. The number of carbonyl (C=O) groups excluding carboxylic acids is 1. The van der Waals surface area contributed by atoms with E-state index in [1.54, 1.807) is 13.0 Å². The van der Waals surface area contributed by atoms with E-state index >= 15 is 0 Å². The van der Waals surface area contributed by atoms with Crippen molar-refractivity contribution in [3.8, 4) is 5.69 Å². The maximum atomic E-state index is 14.1. The Morgan fingerprint density at radius 3 is 2.48 bits per heavy atom. The normalized spacial score (nSPS) is 11.3. The SMILES string of the molecule is Cc1ccc(F)c(-n2cccc(C(=O)NCc3ccc(S(N)(=O)=O)cc3)c2=O)c1. The van der Waals surface area contributed by atoms with Crippen molar-refractivity contribution >= 4 is 15.9 Å². The van der Waals surface area contributed by atoms with Crippen LogP contribution < -0.4 is 16.0 Å². The lowest BCUT2D eigenvalue weighted by atomic mass is 10.2. The monoisotopic (exact) mass is 415 g/mol. The first-order valence-corrected chi connectivity index (χ1v) is 10.1. The van der Waals surface area contributed by atoms with Crippen molar-refractivity contribution in [1.82, 2.24) is 9.88 Å². The molecule has 7 nitrogen and oxygen atoms in total. The fourth-order valence-electron chi connectivity index (χ4n) is 2.74. The first-order valence-electron chi connectivity index (χ1n) is 8.55. The third-order valence-electron chi connectivity index (χ3n) is 4.26. The fourth-order valence-corrected chi connectivity index (χ4v) is 3.25. The number of rotatable bonds is 5. The first kappa shape index (κ1) is 20.4. The molecule has 0 aliphatic rings. The average molecular weight is 415 g/mol. The van der Waals surface area contributed by atoms with Crippen LogP contribution in [0.15, 0.2) is 70.5 Å². The molecule has 0 aliphatic carbocycles. The first-order chi connectivity index (χ1) is 13.7. The number of aryl methyl sites for hydroxylation is 1. The summed E-state index contributed by atoms with van der Waals surface area (Å²) in [6.45, 7) is 1.84. The highest BCUT2D eigenvalue weighted by Gasteiger charge is 2.15. The Morgan fingerprint density at radius 1 is 1.14 bits per heavy atom. The van der Waals surface area contributed by atoms with Gasteiger partial charge in [-0.3, -0.25) is 14.2 Å². The standard InChI is InChI=1S/C20H18FN3O4S/c1-13-4-9-17(21)18(11-13)24-10-2-3-16(20(24)26)19(25)23-12-14-5-7-15(8-6-14)29(22,27)28/h2-11H,12H2,1H3,(H,23,25)(H2,22,27,28). The van der Waals surface area contributed by atoms with Gasteiger partial charge in [0.15, 0.2) is 0 Å². The zero-order valence-electron chi connectivity index (χ0n) is 15.4. The second-order valence-corrected chi connectivity index (χ2v) is 7.98. The number of aromatic nitrogens is 1. The molecule has 1 amide bonds. The van der Waals surface area contributed by atoms with E-state index in [2.05, 4.69) is 5.32 Å². The largest absolute Gasteiger partial charge is 0.348 e. The third kappa shape index (κ3) is 4.58. The Labute approximate surface area is 166 Å². The van der Waals surface area contributed by atoms with Crippen molar-refractivity contribution in [2.24, 2.45) is 5.14 Å². The number of hydrogen-bond donors (Lipinski definition) is 2. The van der Waals surface area contributed by atoms with E-state index in [0.29, 0.717) is 5.56 Å². The molecule has 150 valence electrons. The predicted octanol–water partition coefficient (Wildman–Crippen LogP) is 1.86. The lowest BCUT2D eigenvalue weighted by Crippen LogP contribution is -2.32. The summed E-state index contributed by atoms with van der Waals surface area (Å²) >= 11 is 0. The summed E-state index contributed by atoms with van der Waals surface area (Å²) in [7, 11) is -3.80. The lowest BCUT2D eigenvalue weighted by Gasteiger charge is -2.10. The van der Waals surface area contributed by atoms with E-state index in [-0.39, 0.29) is 22.7 Å². The van der Waals surface area contributed by atoms with E-state index < -0.39 is 27.3 Å². The van der Waals surface area contributed by atoms with Gasteiger partial charge in [0.2, 0.25) is 10.0 Å². The minimum Gasteiger partial charge on any atom is -0.348 e. The maximum Gasteiger partial charge on any atom is 0.268 e. The van der Waals surface area contributed by atoms with Gasteiger partial charge in [0.1, 0.15) is 11.4 Å². The number of amides is 1. The van der Waals surface area contributed by atoms with E-state index in [9.17, 15) is 22.4 Å². The Hall–Kier alpha value is -3.30. The summed E-state index contributed by atoms with van der Waals surface area (Å²) in [4.78, 5) is 25.1. The molecule has 3 N–H and O–H groups in total. The van der Waals surface area contributed by atoms with Crippen LogP contribution in [0, 0.1) is 12.7 Å². The number of benzene rings is 2. The van der Waals surface area contributed by atoms with Crippen molar-refractivity contribution < 1.29 is 17.6 Å². The smallest absolute Gasteiger partial charge is 0.268 e. The second-order valence-electron chi connectivity index (χ2n) is 6.42. The summed E-state index contributed by atoms with van der Waals surface area (Å²) < 4.78 is 37.8. The fraction of sp³-hybridized carbons (Fsp3) is 0.100. The highest BCUT2D eigenvalue weighted by Crippen LogP contribution is 2.14. The molecule has 3 rings (SSSR count). The number of primary sulfonamides is 1. The molecule has 1 heterocycles. The summed E-state index contributed by atoms with van der Waals surface area (Å²) in [5, 5.41) is 7.63. The molecule has 0 saturated heterocycles. The molecule has 9 heteroatoms. The Kier molecular flexibility index (Phi) is 5.62. The molecular weight excluding hydrogens is 397 g/mol. The predicted molar refractivity (Wildman–Crippen MR) is 106 cm³/mol. The van der Waals surface area contributed by atoms with Crippen LogP contribution in [0.4, 0.5) is 4.39 Å². The van der Waals surface area contributed by atoms with Gasteiger partial charge in [0.05, 0.1) is 10.6 Å². The number of sulfonamides is 1. The molecule has 2 aromatic carbocycles. The van der Waals surface area contributed by atoms with Gasteiger partial charge in [0, 0.05) is 12.7 Å². The summed E-state index contributed by atoms with van der Waals surface area (Å²) in [5.41, 5.74) is 0.648. The molecule has 0 spiro atoms. The molecule has 0 aliphatic heterocycles. The van der Waals surface area contributed by atoms with Crippen molar-refractivity contribution in [1.29, 1.82) is 0 Å². The summed E-state index contributed by atoms with van der Waals surface area (Å²) in [6.07, 6.45) is 1.39. The molecule has 3 aromatic rings. The second kappa shape index (κ2) is 7.98. The van der Waals surface area contributed by atoms with Gasteiger partial charge in [-0.05, 0) is 54.4 Å². The van der Waals surface area contributed by atoms with Crippen LogP contribution in [0.25, 0.3) is 5.69 Å². The van der Waals surface area contributed by atoms with E-state index in [0.717, 1.165) is 10.1 Å². The van der Waals surface area contributed by atoms with Crippen molar-refractivity contribution in [2.75, 3.05) is 0 Å². The van der Waals surface area contributed by atoms with Gasteiger partial charge < -0.3 is 5.32 Å². The lowest BCUT2D eigenvalue weighted by molar-refractivity contribution is 0.0949. The van der Waals surface area contributed by atoms with Gasteiger partial charge in [-0.25, -0.2) is 17.9 Å². The zero-order chi connectivity index (χ0) is 21.2. The van der Waals surface area contributed by atoms with Crippen LogP contribution in [0.3, 0.4) is 0 Å². The topological polar surface area (TPSA) is 111 Å². The molecule has 0 saturated carbocycles. The number of carbonyl (C=O) groups is 1. The van der Waals surface area contributed by atoms with Crippen LogP contribution in [0.5, 0.6) is 0 Å². The van der Waals surface area contributed by atoms with Crippen LogP contribution >= 0.6 is 0 Å². The number of pyridine rings is 1. The Morgan fingerprint density at radius 2 is 1.83 bits per heavy atom. The van der Waals surface area contributed by atoms with Gasteiger partial charge >= 0.3 is 0 Å². The van der Waals surface area contributed by atoms with Gasteiger partial charge in [-0.15, -0.1) is 0 Å². The van der Waals surface area contributed by atoms with Gasteiger partial charge in [0.25, 0.3) is 11.5 Å². The summed E-state index contributed by atoms with van der Waals surface area (Å²) in [6, 6.07) is 12.9. The average Bonchev–Trinajstić information content (AvgIpc) is 2.68. The minimum absolute atomic E-state index is 0.0429. The van der Waals surface area contributed by atoms with Crippen LogP contribution in [0.1, 0.15) is 21.5 Å². The number of hydrogen-bond acceptors (Lipinski definition) is 4. The van der Waals surface area contributed by atoms with E-state index in [4.69, 9.17) is 5.14 Å². The van der Waals surface area contributed by atoms with Crippen molar-refractivity contribution in [3.63, 3.8) is 0 Å². The Bertz CT molecular complexity index is 1240. The molecule has 0 unspecified atom stereocenters. The molecule has 0 fully saturated rings. The van der Waals surface area contributed by atoms with E-state index in [1.165, 1.54) is 54.7 Å². The molecule has 0 bridgehead atoms. The molecular formula is C20H18FN3O4S. The summed E-state index contributed by atoms with van der Waals surface area (Å²) in [5.74, 6) is -1.21. The van der Waals surface area contributed by atoms with E-state index in [1.807, 2.05) is 0 Å². The molecule has 29 heavy (non-hydrogen) atoms. The zero-order valence-corrected chi connectivity index (χ0v) is 16.2. The maximum absolute atomic E-state index is 14.1. The molecule has 1 aromatic heterocycles. The molecule has 0 radical (unpaired) electrons.